The van der Waals surface area contributed by atoms with Crippen LogP contribution < -0.4 is 0 Å². The van der Waals surface area contributed by atoms with E-state index in [1.54, 1.807) is 0 Å². The van der Waals surface area contributed by atoms with E-state index in [4.69, 9.17) is 23.2 Å². The number of amides is 3. The first-order valence-corrected chi connectivity index (χ1v) is 11.8. The number of carbonyl (C=O) groups excluding carboxylic acids is 4. The number of halogens is 2. The van der Waals surface area contributed by atoms with Crippen LogP contribution >= 0.6 is 23.2 Å². The van der Waals surface area contributed by atoms with Gasteiger partial charge in [-0.25, -0.2) is 5.01 Å². The van der Waals surface area contributed by atoms with Crippen LogP contribution in [0.4, 0.5) is 5.69 Å². The molecule has 1 saturated carbocycles. The highest BCUT2D eigenvalue weighted by molar-refractivity contribution is 6.42. The number of fused-ring (bicyclic) bond motifs is 1. The van der Waals surface area contributed by atoms with Gasteiger partial charge in [-0.15, -0.1) is 0 Å². The second-order valence-corrected chi connectivity index (χ2v) is 9.65. The lowest BCUT2D eigenvalue weighted by atomic mass is 9.76. The van der Waals surface area contributed by atoms with Crippen LogP contribution in [0.3, 0.4) is 0 Å². The lowest BCUT2D eigenvalue weighted by Gasteiger charge is -2.30. The maximum Gasteiger partial charge on any atom is 0.273 e. The maximum atomic E-state index is 13.5. The molecule has 1 aliphatic carbocycles. The Kier molecular flexibility index (Phi) is 6.91. The van der Waals surface area contributed by atoms with Crippen LogP contribution in [0.2, 0.25) is 10.0 Å². The van der Waals surface area contributed by atoms with Gasteiger partial charge in [0, 0.05) is 23.3 Å². The molecule has 2 aliphatic rings. The van der Waals surface area contributed by atoms with Crippen molar-refractivity contribution in [3.05, 3.63) is 73.8 Å². The maximum absolute atomic E-state index is 13.5. The zero-order valence-corrected chi connectivity index (χ0v) is 20.2. The largest absolute Gasteiger partial charge is 0.292 e. The first-order chi connectivity index (χ1) is 16.6. The summed E-state index contributed by atoms with van der Waals surface area (Å²) in [6.07, 6.45) is 1.84. The van der Waals surface area contributed by atoms with Crippen molar-refractivity contribution < 1.29 is 24.1 Å². The SMILES string of the molecule is C[C@@H]1CC[C@@H]2C(=O)N(N(CC(=O)c3ccc([N+](=O)[O-])cc3)C(=O)c3ccc(Cl)c(Cl)c3)C(=O)[C@@H]2C1. The molecule has 0 aromatic heterocycles. The van der Waals surface area contributed by atoms with Crippen LogP contribution in [0.15, 0.2) is 42.5 Å². The third-order valence-corrected chi connectivity index (χ3v) is 7.24. The molecular weight excluding hydrogens is 497 g/mol. The number of hydrogen-bond acceptors (Lipinski definition) is 6. The highest BCUT2D eigenvalue weighted by Crippen LogP contribution is 2.41. The Balaban J connectivity index is 1.69. The standard InChI is InChI=1S/C24H21Cl2N3O6/c1-13-2-8-17-18(10-13)24(33)28(23(17)32)27(22(31)15-5-9-19(25)20(26)11-15)12-21(30)14-3-6-16(7-4-14)29(34)35/h3-7,9,11,13,17-18H,2,8,10,12H2,1H3/t13-,17+,18-/m1/s1. The summed E-state index contributed by atoms with van der Waals surface area (Å²) in [4.78, 5) is 63.5. The van der Waals surface area contributed by atoms with E-state index in [0.717, 1.165) is 16.4 Å². The molecule has 2 aromatic carbocycles. The van der Waals surface area contributed by atoms with E-state index in [1.807, 2.05) is 6.92 Å². The van der Waals surface area contributed by atoms with E-state index < -0.39 is 46.8 Å². The number of ketones is 1. The fraction of sp³-hybridized carbons (Fsp3) is 0.333. The van der Waals surface area contributed by atoms with Crippen LogP contribution in [-0.4, -0.2) is 45.0 Å². The number of nitro benzene ring substituents is 1. The fourth-order valence-corrected chi connectivity index (χ4v) is 4.92. The van der Waals surface area contributed by atoms with Crippen LogP contribution in [0.1, 0.15) is 46.9 Å². The topological polar surface area (TPSA) is 118 Å². The summed E-state index contributed by atoms with van der Waals surface area (Å²) in [7, 11) is 0. The zero-order valence-electron chi connectivity index (χ0n) is 18.6. The highest BCUT2D eigenvalue weighted by Gasteiger charge is 2.52. The summed E-state index contributed by atoms with van der Waals surface area (Å²) in [5.41, 5.74) is -0.0687. The second-order valence-electron chi connectivity index (χ2n) is 8.84. The molecule has 11 heteroatoms. The lowest BCUT2D eigenvalue weighted by molar-refractivity contribution is -0.384. The number of benzene rings is 2. The first kappa shape index (κ1) is 24.8. The molecular formula is C24H21Cl2N3O6. The minimum Gasteiger partial charge on any atom is -0.292 e. The number of carbonyl (C=O) groups is 4. The number of nitro groups is 1. The molecule has 1 aliphatic heterocycles. The molecule has 0 radical (unpaired) electrons. The quantitative estimate of drug-likeness (QED) is 0.240. The lowest BCUT2D eigenvalue weighted by Crippen LogP contribution is -2.52. The van der Waals surface area contributed by atoms with Gasteiger partial charge in [0.1, 0.15) is 6.54 Å². The van der Waals surface area contributed by atoms with Crippen molar-refractivity contribution >= 4 is 52.4 Å². The van der Waals surface area contributed by atoms with Crippen LogP contribution in [0.5, 0.6) is 0 Å². The minimum absolute atomic E-state index is 0.0414. The van der Waals surface area contributed by atoms with Gasteiger partial charge in [-0.1, -0.05) is 30.1 Å². The van der Waals surface area contributed by atoms with E-state index in [1.165, 1.54) is 42.5 Å². The summed E-state index contributed by atoms with van der Waals surface area (Å²) in [6.45, 7) is 1.39. The van der Waals surface area contributed by atoms with Gasteiger partial charge in [-0.3, -0.25) is 29.3 Å². The number of imide groups is 1. The molecule has 0 bridgehead atoms. The number of hydrogen-bond donors (Lipinski definition) is 0. The number of rotatable bonds is 6. The van der Waals surface area contributed by atoms with Gasteiger partial charge < -0.3 is 0 Å². The normalized spacial score (nSPS) is 21.6. The molecule has 2 fully saturated rings. The molecule has 0 unspecified atom stereocenters. The van der Waals surface area contributed by atoms with Gasteiger partial charge in [0.05, 0.1) is 26.8 Å². The second kappa shape index (κ2) is 9.75. The number of Topliss-reactive ketones (excluding diaryl/α,β-unsaturated/α-hetero) is 1. The van der Waals surface area contributed by atoms with Crippen molar-refractivity contribution in [2.45, 2.75) is 26.2 Å². The highest BCUT2D eigenvalue weighted by atomic mass is 35.5. The third-order valence-electron chi connectivity index (χ3n) is 6.50. The van der Waals surface area contributed by atoms with E-state index in [0.29, 0.717) is 12.8 Å². The molecule has 0 spiro atoms. The van der Waals surface area contributed by atoms with Crippen LogP contribution in [0.25, 0.3) is 0 Å². The number of non-ortho nitro benzene ring substituents is 1. The van der Waals surface area contributed by atoms with E-state index in [2.05, 4.69) is 0 Å². The molecule has 182 valence electrons. The Morgan fingerprint density at radius 3 is 2.26 bits per heavy atom. The van der Waals surface area contributed by atoms with Gasteiger partial charge in [0.15, 0.2) is 5.78 Å². The zero-order chi connectivity index (χ0) is 25.4. The molecule has 1 heterocycles. The monoisotopic (exact) mass is 517 g/mol. The third kappa shape index (κ3) is 4.78. The summed E-state index contributed by atoms with van der Waals surface area (Å²) >= 11 is 12.0. The van der Waals surface area contributed by atoms with Crippen molar-refractivity contribution in [3.63, 3.8) is 0 Å². The summed E-state index contributed by atoms with van der Waals surface area (Å²) in [5, 5.41) is 12.9. The summed E-state index contributed by atoms with van der Waals surface area (Å²) in [6, 6.07) is 8.95. The fourth-order valence-electron chi connectivity index (χ4n) is 4.62. The van der Waals surface area contributed by atoms with E-state index in [9.17, 15) is 29.3 Å². The first-order valence-electron chi connectivity index (χ1n) is 11.0. The molecule has 3 atom stereocenters. The minimum atomic E-state index is -0.771. The number of nitrogens with zero attached hydrogens (tertiary/aromatic N) is 3. The van der Waals surface area contributed by atoms with Crippen LogP contribution in [0, 0.1) is 27.9 Å². The average Bonchev–Trinajstić information content (AvgIpc) is 3.07. The smallest absolute Gasteiger partial charge is 0.273 e. The predicted molar refractivity (Wildman–Crippen MR) is 127 cm³/mol. The van der Waals surface area contributed by atoms with E-state index >= 15 is 0 Å². The van der Waals surface area contributed by atoms with Gasteiger partial charge in [0.2, 0.25) is 0 Å². The van der Waals surface area contributed by atoms with Crippen LogP contribution in [-0.2, 0) is 9.59 Å². The van der Waals surface area contributed by atoms with Crippen molar-refractivity contribution in [1.82, 2.24) is 10.0 Å². The summed E-state index contributed by atoms with van der Waals surface area (Å²) < 4.78 is 0. The number of hydrazine groups is 1. The Morgan fingerprint density at radius 2 is 1.63 bits per heavy atom. The molecule has 3 amide bonds. The predicted octanol–water partition coefficient (Wildman–Crippen LogP) is 4.56. The van der Waals surface area contributed by atoms with Gasteiger partial charge in [-0.05, 0) is 55.5 Å². The molecule has 2 aromatic rings. The van der Waals surface area contributed by atoms with Crippen molar-refractivity contribution in [2.75, 3.05) is 6.54 Å². The molecule has 9 nitrogen and oxygen atoms in total. The van der Waals surface area contributed by atoms with E-state index in [-0.39, 0.29) is 32.8 Å². The van der Waals surface area contributed by atoms with Crippen molar-refractivity contribution in [3.8, 4) is 0 Å². The summed E-state index contributed by atoms with van der Waals surface area (Å²) in [5.74, 6) is -3.24. The molecule has 0 N–H and O–H groups in total. The van der Waals surface area contributed by atoms with Gasteiger partial charge in [-0.2, -0.15) is 5.01 Å². The Hall–Kier alpha value is -3.30. The average molecular weight is 518 g/mol. The molecule has 1 saturated heterocycles. The molecule has 35 heavy (non-hydrogen) atoms. The Bertz CT molecular complexity index is 1230. The van der Waals surface area contributed by atoms with Gasteiger partial charge in [0.25, 0.3) is 23.4 Å². The van der Waals surface area contributed by atoms with Crippen molar-refractivity contribution in [1.29, 1.82) is 0 Å². The molecule has 4 rings (SSSR count). The van der Waals surface area contributed by atoms with Gasteiger partial charge >= 0.3 is 0 Å². The Labute approximate surface area is 210 Å². The Morgan fingerprint density at radius 1 is 1.00 bits per heavy atom. The van der Waals surface area contributed by atoms with Crippen molar-refractivity contribution in [2.24, 2.45) is 17.8 Å².